The fourth-order valence-electron chi connectivity index (χ4n) is 1.71. The summed E-state index contributed by atoms with van der Waals surface area (Å²) in [4.78, 5) is 1.95. The summed E-state index contributed by atoms with van der Waals surface area (Å²) in [6.07, 6.45) is 0. The van der Waals surface area contributed by atoms with Crippen molar-refractivity contribution >= 4 is 21.1 Å². The number of hydrogen-bond acceptors (Lipinski definition) is 3. The van der Waals surface area contributed by atoms with Crippen LogP contribution in [-0.2, 0) is 4.52 Å². The van der Waals surface area contributed by atoms with Crippen molar-refractivity contribution in [3.05, 3.63) is 0 Å². The molecule has 0 aliphatic heterocycles. The summed E-state index contributed by atoms with van der Waals surface area (Å²) in [5.41, 5.74) is -1.05. The zero-order chi connectivity index (χ0) is 11.4. The summed E-state index contributed by atoms with van der Waals surface area (Å²) in [5, 5.41) is 9.13. The Kier molecular flexibility index (Phi) is 5.93. The predicted octanol–water partition coefficient (Wildman–Crippen LogP) is 2.37. The van der Waals surface area contributed by atoms with Crippen molar-refractivity contribution in [1.82, 2.24) is 4.90 Å². The van der Waals surface area contributed by atoms with Gasteiger partial charge in [0.2, 0.25) is 5.72 Å². The molecule has 0 aromatic carbocycles. The summed E-state index contributed by atoms with van der Waals surface area (Å²) in [5.74, 6) is 0.128. The van der Waals surface area contributed by atoms with Gasteiger partial charge in [-0.25, -0.2) is 0 Å². The minimum atomic E-state index is -1.05. The van der Waals surface area contributed by atoms with Crippen molar-refractivity contribution in [3.8, 4) is 6.07 Å². The molecule has 3 nitrogen and oxygen atoms in total. The molecule has 0 radical (unpaired) electrons. The topological polar surface area (TPSA) is 36.3 Å². The third-order valence-corrected chi connectivity index (χ3v) is 2.83. The van der Waals surface area contributed by atoms with E-state index in [0.717, 1.165) is 0 Å². The van der Waals surface area contributed by atoms with Crippen molar-refractivity contribution in [1.29, 1.82) is 5.26 Å². The summed E-state index contributed by atoms with van der Waals surface area (Å²) in [6, 6.07) is 2.53. The normalized spacial score (nSPS) is 16.0. The van der Waals surface area contributed by atoms with Crippen molar-refractivity contribution in [2.45, 2.75) is 45.5 Å². The van der Waals surface area contributed by atoms with Gasteiger partial charge in [0.05, 0.1) is 5.88 Å². The van der Waals surface area contributed by atoms with Crippen LogP contribution in [0.2, 0.25) is 0 Å². The molecule has 0 aliphatic carbocycles. The molecule has 0 N–H and O–H groups in total. The first-order chi connectivity index (χ1) is 6.45. The first-order valence-corrected chi connectivity index (χ1v) is 5.59. The number of alkyl halides is 1. The van der Waals surface area contributed by atoms with E-state index in [1.54, 1.807) is 0 Å². The van der Waals surface area contributed by atoms with Gasteiger partial charge in [0, 0.05) is 21.6 Å². The molecule has 82 valence electrons. The molecule has 5 heteroatoms. The second-order valence-electron chi connectivity index (χ2n) is 3.74. The van der Waals surface area contributed by atoms with Gasteiger partial charge in [0.15, 0.2) is 0 Å². The van der Waals surface area contributed by atoms with Gasteiger partial charge in [-0.3, -0.25) is 4.90 Å². The number of halogens is 1. The van der Waals surface area contributed by atoms with E-state index >= 15 is 0 Å². The van der Waals surface area contributed by atoms with Crippen LogP contribution < -0.4 is 0 Å². The Morgan fingerprint density at radius 3 is 1.93 bits per heavy atom. The van der Waals surface area contributed by atoms with Gasteiger partial charge in [0.25, 0.3) is 0 Å². The average Bonchev–Trinajstić information content (AvgIpc) is 2.12. The van der Waals surface area contributed by atoms with Crippen LogP contribution in [-0.4, -0.2) is 28.6 Å². The molecule has 0 fully saturated rings. The monoisotopic (exact) mass is 236 g/mol. The van der Waals surface area contributed by atoms with Crippen molar-refractivity contribution in [2.75, 3.05) is 5.88 Å². The molecule has 0 aromatic heterocycles. The van der Waals surface area contributed by atoms with E-state index in [4.69, 9.17) is 21.4 Å². The minimum absolute atomic E-state index is 0.128. The highest BCUT2D eigenvalue weighted by molar-refractivity contribution is 7.09. The Balaban J connectivity index is 5.03. The molecule has 0 amide bonds. The first kappa shape index (κ1) is 14.1. The van der Waals surface area contributed by atoms with E-state index in [-0.39, 0.29) is 18.0 Å². The summed E-state index contributed by atoms with van der Waals surface area (Å²) in [6.45, 7) is 8.06. The molecule has 14 heavy (non-hydrogen) atoms. The highest BCUT2D eigenvalue weighted by Gasteiger charge is 2.39. The summed E-state index contributed by atoms with van der Waals surface area (Å²) < 4.78 is 5.17. The highest BCUT2D eigenvalue weighted by atomic mass is 35.5. The van der Waals surface area contributed by atoms with Gasteiger partial charge in [-0.2, -0.15) is 5.26 Å². The molecule has 0 spiro atoms. The molecule has 0 heterocycles. The zero-order valence-corrected chi connectivity index (χ0v) is 11.0. The van der Waals surface area contributed by atoms with Crippen molar-refractivity contribution in [3.63, 3.8) is 0 Å². The van der Waals surface area contributed by atoms with Gasteiger partial charge in [-0.05, 0) is 27.7 Å². The standard InChI is InChI=1S/C9H18ClN2OP/c1-7(2)12(8(3)4)9(5-10,6-11)13-14/h7-8H,5,14H2,1-4H3. The molecule has 0 aliphatic rings. The third kappa shape index (κ3) is 2.81. The van der Waals surface area contributed by atoms with E-state index in [2.05, 4.69) is 15.5 Å². The van der Waals surface area contributed by atoms with E-state index in [9.17, 15) is 0 Å². The van der Waals surface area contributed by atoms with E-state index in [1.807, 2.05) is 32.6 Å². The van der Waals surface area contributed by atoms with Gasteiger partial charge in [0.1, 0.15) is 6.07 Å². The second-order valence-corrected chi connectivity index (χ2v) is 4.25. The number of hydrogen-bond donors (Lipinski definition) is 0. The van der Waals surface area contributed by atoms with Crippen LogP contribution >= 0.6 is 21.1 Å². The first-order valence-electron chi connectivity index (χ1n) is 4.58. The highest BCUT2D eigenvalue weighted by Crippen LogP contribution is 2.26. The van der Waals surface area contributed by atoms with Crippen LogP contribution in [0.15, 0.2) is 0 Å². The van der Waals surface area contributed by atoms with E-state index in [0.29, 0.717) is 0 Å². The zero-order valence-electron chi connectivity index (χ0n) is 9.12. The Bertz CT molecular complexity index is 203. The molecular formula is C9H18ClN2OP. The van der Waals surface area contributed by atoms with Crippen molar-refractivity contribution in [2.24, 2.45) is 0 Å². The van der Waals surface area contributed by atoms with Gasteiger partial charge >= 0.3 is 0 Å². The quantitative estimate of drug-likeness (QED) is 0.418. The van der Waals surface area contributed by atoms with Gasteiger partial charge in [-0.15, -0.1) is 11.6 Å². The van der Waals surface area contributed by atoms with Crippen LogP contribution in [0.1, 0.15) is 27.7 Å². The second kappa shape index (κ2) is 5.88. The van der Waals surface area contributed by atoms with E-state index in [1.165, 1.54) is 0 Å². The lowest BCUT2D eigenvalue weighted by Crippen LogP contribution is -2.56. The maximum atomic E-state index is 9.13. The molecule has 2 unspecified atom stereocenters. The lowest BCUT2D eigenvalue weighted by atomic mass is 10.1. The summed E-state index contributed by atoms with van der Waals surface area (Å²) in [7, 11) is 2.12. The smallest absolute Gasteiger partial charge is 0.227 e. The molecular weight excluding hydrogens is 219 g/mol. The fourth-order valence-corrected chi connectivity index (χ4v) is 2.33. The maximum absolute atomic E-state index is 9.13. The lowest BCUT2D eigenvalue weighted by molar-refractivity contribution is -0.0485. The fraction of sp³-hybridized carbons (Fsp3) is 0.889. The Morgan fingerprint density at radius 1 is 1.43 bits per heavy atom. The van der Waals surface area contributed by atoms with Crippen molar-refractivity contribution < 1.29 is 4.52 Å². The van der Waals surface area contributed by atoms with Gasteiger partial charge < -0.3 is 4.52 Å². The summed E-state index contributed by atoms with van der Waals surface area (Å²) >= 11 is 5.80. The lowest BCUT2D eigenvalue weighted by Gasteiger charge is -2.41. The number of nitriles is 1. The molecule has 0 saturated heterocycles. The molecule has 0 bridgehead atoms. The SMILES string of the molecule is CC(C)N(C(C)C)C(C#N)(CCl)OP. The van der Waals surface area contributed by atoms with Crippen LogP contribution in [0.4, 0.5) is 0 Å². The third-order valence-electron chi connectivity index (χ3n) is 2.08. The van der Waals surface area contributed by atoms with Gasteiger partial charge in [-0.1, -0.05) is 0 Å². The largest absolute Gasteiger partial charge is 0.330 e. The molecule has 0 rings (SSSR count). The predicted molar refractivity (Wildman–Crippen MR) is 62.0 cm³/mol. The number of nitrogens with zero attached hydrogens (tertiary/aromatic N) is 2. The van der Waals surface area contributed by atoms with Crippen LogP contribution in [0.3, 0.4) is 0 Å². The average molecular weight is 237 g/mol. The van der Waals surface area contributed by atoms with Crippen LogP contribution in [0, 0.1) is 11.3 Å². The Hall–Kier alpha value is 0.130. The van der Waals surface area contributed by atoms with Crippen LogP contribution in [0.5, 0.6) is 0 Å². The molecule has 0 saturated carbocycles. The number of rotatable bonds is 5. The Morgan fingerprint density at radius 2 is 1.86 bits per heavy atom. The van der Waals surface area contributed by atoms with Crippen LogP contribution in [0.25, 0.3) is 0 Å². The molecule has 0 aromatic rings. The maximum Gasteiger partial charge on any atom is 0.227 e. The molecule has 2 atom stereocenters. The van der Waals surface area contributed by atoms with E-state index < -0.39 is 5.72 Å². The Labute approximate surface area is 93.6 Å². The minimum Gasteiger partial charge on any atom is -0.330 e.